The summed E-state index contributed by atoms with van der Waals surface area (Å²) in [5.41, 5.74) is 5.54. The van der Waals surface area contributed by atoms with E-state index in [0.29, 0.717) is 18.8 Å². The minimum absolute atomic E-state index is 0.157. The molecule has 0 saturated carbocycles. The molecule has 0 aliphatic carbocycles. The number of hydrogen-bond acceptors (Lipinski definition) is 4. The smallest absolute Gasteiger partial charge is 0.237 e. The lowest BCUT2D eigenvalue weighted by molar-refractivity contribution is -0.122. The van der Waals surface area contributed by atoms with E-state index >= 15 is 0 Å². The van der Waals surface area contributed by atoms with E-state index in [1.165, 1.54) is 0 Å². The summed E-state index contributed by atoms with van der Waals surface area (Å²) in [6, 6.07) is -0.441. The van der Waals surface area contributed by atoms with Crippen LogP contribution in [0.5, 0.6) is 0 Å². The van der Waals surface area contributed by atoms with E-state index in [-0.39, 0.29) is 5.91 Å². The van der Waals surface area contributed by atoms with Crippen molar-refractivity contribution >= 4 is 5.91 Å². The van der Waals surface area contributed by atoms with Gasteiger partial charge >= 0.3 is 0 Å². The maximum Gasteiger partial charge on any atom is 0.237 e. The Morgan fingerprint density at radius 2 is 2.50 bits per heavy atom. The van der Waals surface area contributed by atoms with Crippen LogP contribution in [-0.2, 0) is 18.4 Å². The van der Waals surface area contributed by atoms with Gasteiger partial charge < -0.3 is 15.6 Å². The van der Waals surface area contributed by atoms with Gasteiger partial charge in [0.25, 0.3) is 0 Å². The van der Waals surface area contributed by atoms with Crippen LogP contribution in [0.15, 0.2) is 6.33 Å². The Bertz CT molecular complexity index is 308. The minimum atomic E-state index is -0.441. The number of nitrogens with one attached hydrogen (secondary N) is 1. The van der Waals surface area contributed by atoms with Crippen LogP contribution in [0, 0.1) is 0 Å². The molecule has 6 heteroatoms. The van der Waals surface area contributed by atoms with E-state index < -0.39 is 6.04 Å². The molecule has 78 valence electrons. The molecule has 1 aromatic heterocycles. The second-order valence-corrected chi connectivity index (χ2v) is 3.09. The molecule has 0 saturated heterocycles. The summed E-state index contributed by atoms with van der Waals surface area (Å²) >= 11 is 0. The SMILES string of the molecule is CC[C@H](N)C(=O)NCc1nncn1C. The highest BCUT2D eigenvalue weighted by atomic mass is 16.2. The summed E-state index contributed by atoms with van der Waals surface area (Å²) in [5.74, 6) is 0.553. The maximum absolute atomic E-state index is 11.3. The molecule has 14 heavy (non-hydrogen) atoms. The second-order valence-electron chi connectivity index (χ2n) is 3.09. The third-order valence-electron chi connectivity index (χ3n) is 2.00. The van der Waals surface area contributed by atoms with Gasteiger partial charge in [0.1, 0.15) is 6.33 Å². The van der Waals surface area contributed by atoms with Crippen LogP contribution in [0.1, 0.15) is 19.2 Å². The fraction of sp³-hybridized carbons (Fsp3) is 0.625. The zero-order valence-electron chi connectivity index (χ0n) is 8.40. The number of carbonyl (C=O) groups is 1. The predicted octanol–water partition coefficient (Wildman–Crippen LogP) is -0.831. The van der Waals surface area contributed by atoms with Crippen molar-refractivity contribution in [2.45, 2.75) is 25.9 Å². The number of nitrogens with zero attached hydrogens (tertiary/aromatic N) is 3. The number of carbonyl (C=O) groups excluding carboxylic acids is 1. The van der Waals surface area contributed by atoms with E-state index in [1.807, 2.05) is 14.0 Å². The van der Waals surface area contributed by atoms with Gasteiger partial charge in [0.2, 0.25) is 5.91 Å². The third kappa shape index (κ3) is 2.53. The molecule has 6 nitrogen and oxygen atoms in total. The number of rotatable bonds is 4. The van der Waals surface area contributed by atoms with E-state index in [4.69, 9.17) is 5.73 Å². The van der Waals surface area contributed by atoms with Gasteiger partial charge in [-0.1, -0.05) is 6.92 Å². The molecule has 1 heterocycles. The van der Waals surface area contributed by atoms with E-state index in [2.05, 4.69) is 15.5 Å². The quantitative estimate of drug-likeness (QED) is 0.659. The third-order valence-corrected chi connectivity index (χ3v) is 2.00. The average molecular weight is 197 g/mol. The fourth-order valence-electron chi connectivity index (χ4n) is 0.950. The minimum Gasteiger partial charge on any atom is -0.347 e. The molecule has 0 unspecified atom stereocenters. The molecule has 0 aromatic carbocycles. The predicted molar refractivity (Wildman–Crippen MR) is 51.1 cm³/mol. The molecule has 0 aliphatic heterocycles. The number of aromatic nitrogens is 3. The number of amides is 1. The van der Waals surface area contributed by atoms with E-state index in [1.54, 1.807) is 10.9 Å². The van der Waals surface area contributed by atoms with Gasteiger partial charge in [-0.25, -0.2) is 0 Å². The first-order valence-electron chi connectivity index (χ1n) is 4.51. The average Bonchev–Trinajstić information content (AvgIpc) is 2.59. The highest BCUT2D eigenvalue weighted by molar-refractivity contribution is 5.81. The Kier molecular flexibility index (Phi) is 3.58. The van der Waals surface area contributed by atoms with Crippen LogP contribution in [0.25, 0.3) is 0 Å². The van der Waals surface area contributed by atoms with Gasteiger partial charge in [0.05, 0.1) is 12.6 Å². The van der Waals surface area contributed by atoms with Crippen molar-refractivity contribution in [3.63, 3.8) is 0 Å². The van der Waals surface area contributed by atoms with Crippen LogP contribution in [0.3, 0.4) is 0 Å². The molecular formula is C8H15N5O. The van der Waals surface area contributed by atoms with Crippen LogP contribution in [0.2, 0.25) is 0 Å². The Morgan fingerprint density at radius 3 is 3.00 bits per heavy atom. The summed E-state index contributed by atoms with van der Waals surface area (Å²) in [5, 5.41) is 10.2. The normalized spacial score (nSPS) is 12.5. The monoisotopic (exact) mass is 197 g/mol. The summed E-state index contributed by atoms with van der Waals surface area (Å²) in [6.45, 7) is 2.23. The van der Waals surface area contributed by atoms with Crippen molar-refractivity contribution in [3.05, 3.63) is 12.2 Å². The molecule has 0 fully saturated rings. The van der Waals surface area contributed by atoms with Crippen molar-refractivity contribution in [1.29, 1.82) is 0 Å². The van der Waals surface area contributed by atoms with E-state index in [0.717, 1.165) is 0 Å². The van der Waals surface area contributed by atoms with Crippen molar-refractivity contribution in [2.75, 3.05) is 0 Å². The second kappa shape index (κ2) is 4.71. The maximum atomic E-state index is 11.3. The van der Waals surface area contributed by atoms with Gasteiger partial charge in [-0.05, 0) is 6.42 Å². The summed E-state index contributed by atoms with van der Waals surface area (Å²) in [7, 11) is 1.82. The van der Waals surface area contributed by atoms with Gasteiger partial charge in [-0.3, -0.25) is 4.79 Å². The standard InChI is InChI=1S/C8H15N5O/c1-3-6(9)8(14)10-4-7-12-11-5-13(7)2/h5-6H,3-4,9H2,1-2H3,(H,10,14)/t6-/m0/s1. The van der Waals surface area contributed by atoms with Crippen LogP contribution < -0.4 is 11.1 Å². The lowest BCUT2D eigenvalue weighted by atomic mass is 10.2. The first-order chi connectivity index (χ1) is 6.65. The number of nitrogens with two attached hydrogens (primary N) is 1. The first-order valence-corrected chi connectivity index (χ1v) is 4.51. The van der Waals surface area contributed by atoms with Crippen molar-refractivity contribution < 1.29 is 4.79 Å². The van der Waals surface area contributed by atoms with Crippen LogP contribution >= 0.6 is 0 Å². The lowest BCUT2D eigenvalue weighted by Gasteiger charge is -2.08. The molecule has 0 spiro atoms. The molecule has 3 N–H and O–H groups in total. The largest absolute Gasteiger partial charge is 0.347 e. The van der Waals surface area contributed by atoms with Crippen molar-refractivity contribution in [2.24, 2.45) is 12.8 Å². The van der Waals surface area contributed by atoms with Crippen molar-refractivity contribution in [3.8, 4) is 0 Å². The molecule has 1 amide bonds. The van der Waals surface area contributed by atoms with Gasteiger partial charge in [0, 0.05) is 7.05 Å². The van der Waals surface area contributed by atoms with Gasteiger partial charge in [-0.15, -0.1) is 10.2 Å². The Labute approximate surface area is 82.5 Å². The van der Waals surface area contributed by atoms with Crippen LogP contribution in [0.4, 0.5) is 0 Å². The first kappa shape index (κ1) is 10.6. The number of aryl methyl sites for hydroxylation is 1. The highest BCUT2D eigenvalue weighted by Gasteiger charge is 2.11. The summed E-state index contributed by atoms with van der Waals surface area (Å²) in [4.78, 5) is 11.3. The van der Waals surface area contributed by atoms with Gasteiger partial charge in [0.15, 0.2) is 5.82 Å². The molecular weight excluding hydrogens is 182 g/mol. The summed E-state index contributed by atoms with van der Waals surface area (Å²) in [6.07, 6.45) is 2.21. The van der Waals surface area contributed by atoms with Crippen LogP contribution in [-0.4, -0.2) is 26.7 Å². The molecule has 0 bridgehead atoms. The Morgan fingerprint density at radius 1 is 1.79 bits per heavy atom. The molecule has 1 atom stereocenters. The molecule has 0 radical (unpaired) electrons. The molecule has 1 aromatic rings. The van der Waals surface area contributed by atoms with Crippen molar-refractivity contribution in [1.82, 2.24) is 20.1 Å². The Balaban J connectivity index is 2.41. The lowest BCUT2D eigenvalue weighted by Crippen LogP contribution is -2.40. The Hall–Kier alpha value is -1.43. The highest BCUT2D eigenvalue weighted by Crippen LogP contribution is 1.91. The van der Waals surface area contributed by atoms with E-state index in [9.17, 15) is 4.79 Å². The zero-order valence-corrected chi connectivity index (χ0v) is 8.40. The van der Waals surface area contributed by atoms with Gasteiger partial charge in [-0.2, -0.15) is 0 Å². The molecule has 0 aliphatic rings. The fourth-order valence-corrected chi connectivity index (χ4v) is 0.950. The molecule has 1 rings (SSSR count). The topological polar surface area (TPSA) is 85.8 Å². The number of hydrogen-bond donors (Lipinski definition) is 2. The summed E-state index contributed by atoms with van der Waals surface area (Å²) < 4.78 is 1.75. The zero-order chi connectivity index (χ0) is 10.6.